The second kappa shape index (κ2) is 6.75. The summed E-state index contributed by atoms with van der Waals surface area (Å²) >= 11 is 6.24. The highest BCUT2D eigenvalue weighted by Crippen LogP contribution is 2.28. The van der Waals surface area contributed by atoms with Gasteiger partial charge in [-0.25, -0.2) is 9.97 Å². The van der Waals surface area contributed by atoms with Crippen LogP contribution >= 0.6 is 11.6 Å². The summed E-state index contributed by atoms with van der Waals surface area (Å²) in [5, 5.41) is 10.6. The average molecular weight is 331 g/mol. The van der Waals surface area contributed by atoms with Gasteiger partial charge in [0.2, 0.25) is 5.95 Å². The van der Waals surface area contributed by atoms with Crippen molar-refractivity contribution in [3.05, 3.63) is 46.4 Å². The van der Waals surface area contributed by atoms with Gasteiger partial charge in [0.1, 0.15) is 11.6 Å². The van der Waals surface area contributed by atoms with Crippen molar-refractivity contribution < 1.29 is 0 Å². The number of anilines is 2. The van der Waals surface area contributed by atoms with Crippen LogP contribution in [-0.2, 0) is 0 Å². The summed E-state index contributed by atoms with van der Waals surface area (Å²) in [6.07, 6.45) is 0. The van der Waals surface area contributed by atoms with Gasteiger partial charge >= 0.3 is 0 Å². The molecule has 3 aromatic rings. The fraction of sp³-hybridized carbons (Fsp3) is 0.250. The molecule has 2 N–H and O–H groups in total. The van der Waals surface area contributed by atoms with E-state index in [1.807, 2.05) is 45.0 Å². The van der Waals surface area contributed by atoms with Crippen molar-refractivity contribution in [1.82, 2.24) is 25.1 Å². The van der Waals surface area contributed by atoms with Crippen LogP contribution in [0.25, 0.3) is 11.4 Å². The molecule has 0 bridgehead atoms. The Kier molecular flexibility index (Phi) is 4.95. The van der Waals surface area contributed by atoms with Crippen molar-refractivity contribution in [2.45, 2.75) is 28.2 Å². The minimum absolute atomic E-state index is 0. The number of aromatic nitrogens is 5. The predicted molar refractivity (Wildman–Crippen MR) is 93.1 cm³/mol. The molecule has 0 aliphatic rings. The smallest absolute Gasteiger partial charge is 0.247 e. The summed E-state index contributed by atoms with van der Waals surface area (Å²) in [6.45, 7) is 5.73. The Morgan fingerprint density at radius 2 is 1.78 bits per heavy atom. The van der Waals surface area contributed by atoms with E-state index in [0.717, 1.165) is 22.6 Å². The zero-order chi connectivity index (χ0) is 15.7. The molecular formula is C16H19ClN6. The van der Waals surface area contributed by atoms with Gasteiger partial charge in [-0.2, -0.15) is 4.98 Å². The molecule has 0 radical (unpaired) electrons. The SMILES string of the molecule is C.Cc1nc(Nc2nc(-c3ccccc3Cl)nc(C)c2C)n[nH]1. The number of benzene rings is 1. The second-order valence-electron chi connectivity index (χ2n) is 4.96. The molecule has 7 heteroatoms. The first kappa shape index (κ1) is 16.9. The normalized spacial score (nSPS) is 10.3. The molecule has 0 saturated heterocycles. The molecule has 0 unspecified atom stereocenters. The molecule has 3 rings (SSSR count). The minimum atomic E-state index is 0. The van der Waals surface area contributed by atoms with Crippen molar-refractivity contribution in [3.8, 4) is 11.4 Å². The molecule has 1 aromatic carbocycles. The van der Waals surface area contributed by atoms with Gasteiger partial charge in [-0.15, -0.1) is 5.10 Å². The molecule has 120 valence electrons. The lowest BCUT2D eigenvalue weighted by Gasteiger charge is -2.11. The summed E-state index contributed by atoms with van der Waals surface area (Å²) in [5.41, 5.74) is 2.61. The van der Waals surface area contributed by atoms with Crippen molar-refractivity contribution in [3.63, 3.8) is 0 Å². The topological polar surface area (TPSA) is 79.4 Å². The summed E-state index contributed by atoms with van der Waals surface area (Å²) in [7, 11) is 0. The molecule has 23 heavy (non-hydrogen) atoms. The highest BCUT2D eigenvalue weighted by Gasteiger charge is 2.13. The van der Waals surface area contributed by atoms with Gasteiger partial charge in [0, 0.05) is 16.8 Å². The number of halogens is 1. The summed E-state index contributed by atoms with van der Waals surface area (Å²) in [6, 6.07) is 7.50. The first-order chi connectivity index (χ1) is 10.5. The first-order valence-corrected chi connectivity index (χ1v) is 7.18. The molecule has 0 aliphatic carbocycles. The van der Waals surface area contributed by atoms with Crippen LogP contribution in [0.3, 0.4) is 0 Å². The number of aryl methyl sites for hydroxylation is 2. The van der Waals surface area contributed by atoms with E-state index in [0.29, 0.717) is 22.6 Å². The Morgan fingerprint density at radius 1 is 1.04 bits per heavy atom. The highest BCUT2D eigenvalue weighted by molar-refractivity contribution is 6.33. The molecule has 2 heterocycles. The van der Waals surface area contributed by atoms with Crippen LogP contribution in [0.2, 0.25) is 5.02 Å². The van der Waals surface area contributed by atoms with E-state index < -0.39 is 0 Å². The quantitative estimate of drug-likeness (QED) is 0.751. The van der Waals surface area contributed by atoms with Gasteiger partial charge in [-0.05, 0) is 32.9 Å². The van der Waals surface area contributed by atoms with E-state index in [2.05, 4.69) is 30.5 Å². The van der Waals surface area contributed by atoms with Crippen molar-refractivity contribution in [1.29, 1.82) is 0 Å². The lowest BCUT2D eigenvalue weighted by molar-refractivity contribution is 1.03. The second-order valence-corrected chi connectivity index (χ2v) is 5.36. The first-order valence-electron chi connectivity index (χ1n) is 6.81. The van der Waals surface area contributed by atoms with Crippen LogP contribution in [0, 0.1) is 20.8 Å². The van der Waals surface area contributed by atoms with E-state index in [-0.39, 0.29) is 7.43 Å². The van der Waals surface area contributed by atoms with Gasteiger partial charge in [0.15, 0.2) is 5.82 Å². The van der Waals surface area contributed by atoms with E-state index in [4.69, 9.17) is 11.6 Å². The Morgan fingerprint density at radius 3 is 2.43 bits per heavy atom. The molecule has 0 amide bonds. The van der Waals surface area contributed by atoms with Gasteiger partial charge in [-0.3, -0.25) is 5.10 Å². The van der Waals surface area contributed by atoms with Gasteiger partial charge in [0.05, 0.1) is 5.02 Å². The van der Waals surface area contributed by atoms with Crippen LogP contribution in [0.4, 0.5) is 11.8 Å². The summed E-state index contributed by atoms with van der Waals surface area (Å²) in [5.74, 6) is 2.45. The zero-order valence-corrected chi connectivity index (χ0v) is 13.2. The minimum Gasteiger partial charge on any atom is -0.307 e. The van der Waals surface area contributed by atoms with Crippen molar-refractivity contribution >= 4 is 23.4 Å². The molecular weight excluding hydrogens is 312 g/mol. The predicted octanol–water partition coefficient (Wildman–Crippen LogP) is 4.22. The maximum Gasteiger partial charge on any atom is 0.247 e. The Bertz CT molecular complexity index is 827. The van der Waals surface area contributed by atoms with Crippen molar-refractivity contribution in [2.24, 2.45) is 0 Å². The summed E-state index contributed by atoms with van der Waals surface area (Å²) in [4.78, 5) is 13.3. The number of aromatic amines is 1. The number of nitrogens with one attached hydrogen (secondary N) is 2. The number of H-pyrrole nitrogens is 1. The Labute approximate surface area is 140 Å². The van der Waals surface area contributed by atoms with E-state index in [9.17, 15) is 0 Å². The van der Waals surface area contributed by atoms with E-state index in [1.54, 1.807) is 0 Å². The van der Waals surface area contributed by atoms with Gasteiger partial charge in [-0.1, -0.05) is 31.2 Å². The number of nitrogens with zero attached hydrogens (tertiary/aromatic N) is 4. The number of rotatable bonds is 3. The third-order valence-electron chi connectivity index (χ3n) is 3.33. The van der Waals surface area contributed by atoms with Crippen LogP contribution < -0.4 is 5.32 Å². The van der Waals surface area contributed by atoms with Gasteiger partial charge in [0.25, 0.3) is 0 Å². The zero-order valence-electron chi connectivity index (χ0n) is 12.5. The maximum absolute atomic E-state index is 6.24. The third kappa shape index (κ3) is 3.48. The standard InChI is InChI=1S/C15H15ClN6.CH4/c1-8-9(2)17-14(11-6-4-5-7-12(11)16)19-13(8)20-15-18-10(3)21-22-15;/h4-7H,1-3H3,(H2,17,18,19,20,21,22);1H4. The summed E-state index contributed by atoms with van der Waals surface area (Å²) < 4.78 is 0. The van der Waals surface area contributed by atoms with Crippen LogP contribution in [0.5, 0.6) is 0 Å². The fourth-order valence-corrected chi connectivity index (χ4v) is 2.24. The van der Waals surface area contributed by atoms with Crippen LogP contribution in [0.15, 0.2) is 24.3 Å². The van der Waals surface area contributed by atoms with Crippen molar-refractivity contribution in [2.75, 3.05) is 5.32 Å². The lowest BCUT2D eigenvalue weighted by atomic mass is 10.2. The maximum atomic E-state index is 6.24. The average Bonchev–Trinajstić information content (AvgIpc) is 2.89. The highest BCUT2D eigenvalue weighted by atomic mass is 35.5. The molecule has 0 spiro atoms. The molecule has 0 atom stereocenters. The fourth-order valence-electron chi connectivity index (χ4n) is 2.02. The van der Waals surface area contributed by atoms with Gasteiger partial charge < -0.3 is 5.32 Å². The lowest BCUT2D eigenvalue weighted by Crippen LogP contribution is -2.04. The Balaban J connectivity index is 0.00000192. The molecule has 0 saturated carbocycles. The molecule has 0 aliphatic heterocycles. The number of hydrogen-bond donors (Lipinski definition) is 2. The third-order valence-corrected chi connectivity index (χ3v) is 3.66. The van der Waals surface area contributed by atoms with E-state index in [1.165, 1.54) is 0 Å². The molecule has 6 nitrogen and oxygen atoms in total. The monoisotopic (exact) mass is 330 g/mol. The largest absolute Gasteiger partial charge is 0.307 e. The van der Waals surface area contributed by atoms with E-state index >= 15 is 0 Å². The van der Waals surface area contributed by atoms with Crippen LogP contribution in [-0.4, -0.2) is 25.1 Å². The number of hydrogen-bond acceptors (Lipinski definition) is 5. The molecule has 0 fully saturated rings. The molecule has 2 aromatic heterocycles. The van der Waals surface area contributed by atoms with Crippen LogP contribution in [0.1, 0.15) is 24.5 Å². The Hall–Kier alpha value is -2.47.